The van der Waals surface area contributed by atoms with E-state index in [0.717, 1.165) is 11.1 Å². The predicted molar refractivity (Wildman–Crippen MR) is 107 cm³/mol. The third-order valence-electron chi connectivity index (χ3n) is 4.49. The summed E-state index contributed by atoms with van der Waals surface area (Å²) in [6.45, 7) is 4.53. The minimum Gasteiger partial charge on any atom is -0.478 e. The monoisotopic (exact) mass is 375 g/mol. The van der Waals surface area contributed by atoms with Crippen LogP contribution in [0, 0.1) is 11.8 Å². The van der Waals surface area contributed by atoms with E-state index in [2.05, 4.69) is 16.9 Å². The van der Waals surface area contributed by atoms with Crippen LogP contribution < -0.4 is 5.69 Å². The van der Waals surface area contributed by atoms with Crippen molar-refractivity contribution in [1.29, 1.82) is 0 Å². The molecule has 0 aliphatic carbocycles. The van der Waals surface area contributed by atoms with Crippen molar-refractivity contribution in [1.82, 2.24) is 14.3 Å². The fourth-order valence-electron chi connectivity index (χ4n) is 3.04. The smallest absolute Gasteiger partial charge is 0.346 e. The van der Waals surface area contributed by atoms with E-state index < -0.39 is 5.97 Å². The highest BCUT2D eigenvalue weighted by Crippen LogP contribution is 2.24. The molecule has 3 rings (SSSR count). The van der Waals surface area contributed by atoms with Crippen molar-refractivity contribution in [3.8, 4) is 23.0 Å². The van der Waals surface area contributed by atoms with Crippen LogP contribution in [0.4, 0.5) is 0 Å². The maximum atomic E-state index is 12.5. The van der Waals surface area contributed by atoms with E-state index in [1.807, 2.05) is 37.3 Å². The molecule has 0 aliphatic heterocycles. The maximum absolute atomic E-state index is 12.5. The van der Waals surface area contributed by atoms with Gasteiger partial charge in [-0.25, -0.2) is 14.3 Å². The molecule has 0 aliphatic rings. The Balaban J connectivity index is 1.92. The first-order valence-electron chi connectivity index (χ1n) is 9.03. The second kappa shape index (κ2) is 8.40. The molecule has 28 heavy (non-hydrogen) atoms. The highest BCUT2D eigenvalue weighted by Gasteiger charge is 2.13. The largest absolute Gasteiger partial charge is 0.478 e. The van der Waals surface area contributed by atoms with Crippen LogP contribution in [0.15, 0.2) is 53.3 Å². The Morgan fingerprint density at radius 1 is 1.14 bits per heavy atom. The number of aromatic nitrogens is 3. The van der Waals surface area contributed by atoms with Crippen LogP contribution in [0.25, 0.3) is 11.1 Å². The number of carboxylic acids is 1. The predicted octanol–water partition coefficient (Wildman–Crippen LogP) is 3.04. The standard InChI is InChI=1S/C22H21N3O3/c1-3-5-10-20-23-25(4-2)22(28)24(20)15-16-11-13-17(14-12-16)18-8-6-7-9-19(18)21(26)27/h6-9,11-14H,4,10,15H2,1-2H3,(H,26,27). The zero-order valence-electron chi connectivity index (χ0n) is 15.8. The highest BCUT2D eigenvalue weighted by atomic mass is 16.4. The first-order valence-corrected chi connectivity index (χ1v) is 9.03. The number of aromatic carboxylic acids is 1. The van der Waals surface area contributed by atoms with Crippen molar-refractivity contribution in [3.63, 3.8) is 0 Å². The van der Waals surface area contributed by atoms with Crippen molar-refractivity contribution >= 4 is 5.97 Å². The van der Waals surface area contributed by atoms with Crippen molar-refractivity contribution in [2.45, 2.75) is 33.4 Å². The van der Waals surface area contributed by atoms with Gasteiger partial charge in [-0.1, -0.05) is 48.4 Å². The van der Waals surface area contributed by atoms with Crippen LogP contribution in [0.2, 0.25) is 0 Å². The number of nitrogens with zero attached hydrogens (tertiary/aromatic N) is 3. The Labute approximate surface area is 163 Å². The summed E-state index contributed by atoms with van der Waals surface area (Å²) >= 11 is 0. The summed E-state index contributed by atoms with van der Waals surface area (Å²) in [5.41, 5.74) is 2.51. The molecule has 1 aromatic heterocycles. The van der Waals surface area contributed by atoms with Gasteiger partial charge in [-0.3, -0.25) is 4.57 Å². The minimum atomic E-state index is -0.958. The van der Waals surface area contributed by atoms with Gasteiger partial charge in [-0.15, -0.1) is 5.92 Å². The summed E-state index contributed by atoms with van der Waals surface area (Å²) in [7, 11) is 0. The summed E-state index contributed by atoms with van der Waals surface area (Å²) in [5.74, 6) is 5.47. The molecule has 0 atom stereocenters. The van der Waals surface area contributed by atoms with Crippen LogP contribution in [0.5, 0.6) is 0 Å². The molecule has 0 saturated carbocycles. The molecular formula is C22H21N3O3. The van der Waals surface area contributed by atoms with Gasteiger partial charge in [0.2, 0.25) is 0 Å². The second-order valence-electron chi connectivity index (χ2n) is 6.25. The van der Waals surface area contributed by atoms with Crippen molar-refractivity contribution < 1.29 is 9.90 Å². The van der Waals surface area contributed by atoms with E-state index in [1.54, 1.807) is 29.7 Å². The van der Waals surface area contributed by atoms with Gasteiger partial charge in [0, 0.05) is 6.54 Å². The molecule has 3 aromatic rings. The average molecular weight is 375 g/mol. The molecule has 2 aromatic carbocycles. The molecule has 0 bridgehead atoms. The fourth-order valence-corrected chi connectivity index (χ4v) is 3.04. The molecule has 6 nitrogen and oxygen atoms in total. The molecule has 0 radical (unpaired) electrons. The molecule has 142 valence electrons. The molecule has 6 heteroatoms. The molecule has 0 amide bonds. The van der Waals surface area contributed by atoms with Gasteiger partial charge in [0.1, 0.15) is 5.82 Å². The number of rotatable bonds is 6. The summed E-state index contributed by atoms with van der Waals surface area (Å²) in [6, 6.07) is 14.4. The third-order valence-corrected chi connectivity index (χ3v) is 4.49. The Hall–Kier alpha value is -3.59. The van der Waals surface area contributed by atoms with Gasteiger partial charge in [0.25, 0.3) is 0 Å². The average Bonchev–Trinajstić information content (AvgIpc) is 3.01. The molecule has 0 fully saturated rings. The third kappa shape index (κ3) is 3.89. The lowest BCUT2D eigenvalue weighted by Gasteiger charge is -2.08. The Morgan fingerprint density at radius 2 is 1.86 bits per heavy atom. The lowest BCUT2D eigenvalue weighted by atomic mass is 9.99. The summed E-state index contributed by atoms with van der Waals surface area (Å²) in [6.07, 6.45) is 0.419. The van der Waals surface area contributed by atoms with Crippen molar-refractivity contribution in [2.24, 2.45) is 0 Å². The number of aryl methyl sites for hydroxylation is 1. The van der Waals surface area contributed by atoms with E-state index >= 15 is 0 Å². The maximum Gasteiger partial charge on any atom is 0.346 e. The summed E-state index contributed by atoms with van der Waals surface area (Å²) < 4.78 is 3.07. The minimum absolute atomic E-state index is 0.157. The van der Waals surface area contributed by atoms with Crippen molar-refractivity contribution in [2.75, 3.05) is 0 Å². The fraction of sp³-hybridized carbons (Fsp3) is 0.227. The molecule has 1 heterocycles. The summed E-state index contributed by atoms with van der Waals surface area (Å²) in [4.78, 5) is 24.0. The number of hydrogen-bond acceptors (Lipinski definition) is 3. The quantitative estimate of drug-likeness (QED) is 0.672. The van der Waals surface area contributed by atoms with Crippen LogP contribution in [-0.2, 0) is 19.5 Å². The molecule has 1 N–H and O–H groups in total. The molecule has 0 saturated heterocycles. The van der Waals surface area contributed by atoms with Gasteiger partial charge < -0.3 is 5.11 Å². The number of carbonyl (C=O) groups is 1. The Kier molecular flexibility index (Phi) is 5.75. The van der Waals surface area contributed by atoms with Gasteiger partial charge in [-0.05, 0) is 36.6 Å². The second-order valence-corrected chi connectivity index (χ2v) is 6.25. The molecular weight excluding hydrogens is 354 g/mol. The lowest BCUT2D eigenvalue weighted by molar-refractivity contribution is 0.0697. The van der Waals surface area contributed by atoms with E-state index in [9.17, 15) is 14.7 Å². The van der Waals surface area contributed by atoms with E-state index in [-0.39, 0.29) is 11.3 Å². The first kappa shape index (κ1) is 19.2. The van der Waals surface area contributed by atoms with Crippen LogP contribution in [-0.4, -0.2) is 25.4 Å². The molecule has 0 spiro atoms. The zero-order chi connectivity index (χ0) is 20.1. The summed E-state index contributed by atoms with van der Waals surface area (Å²) in [5, 5.41) is 13.7. The number of carboxylic acid groups (broad SMARTS) is 1. The van der Waals surface area contributed by atoms with Gasteiger partial charge in [0.05, 0.1) is 18.5 Å². The SMILES string of the molecule is CC#CCc1nn(CC)c(=O)n1Cc1ccc(-c2ccccc2C(=O)O)cc1. The van der Waals surface area contributed by atoms with Crippen LogP contribution in [0.1, 0.15) is 35.6 Å². The van der Waals surface area contributed by atoms with Gasteiger partial charge in [-0.2, -0.15) is 5.10 Å². The Bertz CT molecular complexity index is 1110. The molecule has 0 unspecified atom stereocenters. The normalized spacial score (nSPS) is 10.4. The zero-order valence-corrected chi connectivity index (χ0v) is 15.8. The Morgan fingerprint density at radius 3 is 2.50 bits per heavy atom. The number of benzene rings is 2. The topological polar surface area (TPSA) is 77.1 Å². The van der Waals surface area contributed by atoms with Crippen LogP contribution >= 0.6 is 0 Å². The van der Waals surface area contributed by atoms with E-state index in [1.165, 1.54) is 4.68 Å². The van der Waals surface area contributed by atoms with E-state index in [0.29, 0.717) is 30.9 Å². The van der Waals surface area contributed by atoms with Gasteiger partial charge in [0.15, 0.2) is 0 Å². The lowest BCUT2D eigenvalue weighted by Crippen LogP contribution is -2.25. The number of hydrogen-bond donors (Lipinski definition) is 1. The van der Waals surface area contributed by atoms with Crippen LogP contribution in [0.3, 0.4) is 0 Å². The highest BCUT2D eigenvalue weighted by molar-refractivity contribution is 5.95. The van der Waals surface area contributed by atoms with Crippen molar-refractivity contribution in [3.05, 3.63) is 76.0 Å². The van der Waals surface area contributed by atoms with E-state index in [4.69, 9.17) is 0 Å². The van der Waals surface area contributed by atoms with Gasteiger partial charge >= 0.3 is 11.7 Å². The first-order chi connectivity index (χ1) is 13.5.